The first-order chi connectivity index (χ1) is 8.99. The van der Waals surface area contributed by atoms with Gasteiger partial charge >= 0.3 is 0 Å². The van der Waals surface area contributed by atoms with Crippen molar-refractivity contribution in [2.24, 2.45) is 0 Å². The summed E-state index contributed by atoms with van der Waals surface area (Å²) in [7, 11) is 0. The largest absolute Gasteiger partial charge is 0.347 e. The summed E-state index contributed by atoms with van der Waals surface area (Å²) in [5, 5.41) is 2.59. The maximum absolute atomic E-state index is 13.4. The number of carbonyl (C=O) groups is 1. The van der Waals surface area contributed by atoms with Gasteiger partial charge in [-0.05, 0) is 37.6 Å². The highest BCUT2D eigenvalue weighted by molar-refractivity contribution is 7.12. The minimum atomic E-state index is -1.11. The molecule has 2 nitrogen and oxygen atoms in total. The van der Waals surface area contributed by atoms with E-state index in [4.69, 9.17) is 0 Å². The van der Waals surface area contributed by atoms with Gasteiger partial charge in [0.1, 0.15) is 0 Å². The van der Waals surface area contributed by atoms with Crippen molar-refractivity contribution < 1.29 is 13.6 Å². The second kappa shape index (κ2) is 5.48. The Kier molecular flexibility index (Phi) is 3.95. The van der Waals surface area contributed by atoms with Gasteiger partial charge < -0.3 is 5.32 Å². The lowest BCUT2D eigenvalue weighted by Crippen LogP contribution is -2.23. The van der Waals surface area contributed by atoms with Gasteiger partial charge in [-0.15, -0.1) is 11.3 Å². The Hall–Kier alpha value is -1.75. The molecule has 0 unspecified atom stereocenters. The molecule has 0 aliphatic heterocycles. The van der Waals surface area contributed by atoms with Crippen molar-refractivity contribution in [3.8, 4) is 0 Å². The summed E-state index contributed by atoms with van der Waals surface area (Å²) in [4.78, 5) is 13.9. The number of halogens is 2. The average molecular weight is 281 g/mol. The van der Waals surface area contributed by atoms with Crippen molar-refractivity contribution in [1.82, 2.24) is 5.32 Å². The van der Waals surface area contributed by atoms with E-state index in [1.807, 2.05) is 19.9 Å². The third kappa shape index (κ3) is 2.98. The monoisotopic (exact) mass is 281 g/mol. The Bertz CT molecular complexity index is 602. The summed E-state index contributed by atoms with van der Waals surface area (Å²) in [6, 6.07) is 5.53. The van der Waals surface area contributed by atoms with E-state index in [0.717, 1.165) is 16.5 Å². The molecule has 0 aliphatic carbocycles. The lowest BCUT2D eigenvalue weighted by atomic mass is 10.2. The molecule has 1 N–H and O–H groups in total. The number of thiophene rings is 1. The third-order valence-corrected chi connectivity index (χ3v) is 3.99. The van der Waals surface area contributed by atoms with Crippen LogP contribution in [0.2, 0.25) is 0 Å². The van der Waals surface area contributed by atoms with Crippen molar-refractivity contribution in [2.75, 3.05) is 0 Å². The number of carbonyl (C=O) groups excluding carboxylic acids is 1. The van der Waals surface area contributed by atoms with E-state index in [9.17, 15) is 13.6 Å². The fourth-order valence-electron chi connectivity index (χ4n) is 1.68. The molecule has 0 atom stereocenters. The van der Waals surface area contributed by atoms with Crippen LogP contribution in [-0.2, 0) is 6.54 Å². The van der Waals surface area contributed by atoms with E-state index in [1.165, 1.54) is 17.0 Å². The van der Waals surface area contributed by atoms with E-state index >= 15 is 0 Å². The molecular weight excluding hydrogens is 268 g/mol. The van der Waals surface area contributed by atoms with Crippen LogP contribution in [0, 0.1) is 25.5 Å². The summed E-state index contributed by atoms with van der Waals surface area (Å²) in [6.45, 7) is 4.30. The molecule has 100 valence electrons. The highest BCUT2D eigenvalue weighted by Crippen LogP contribution is 2.20. The van der Waals surface area contributed by atoms with E-state index in [2.05, 4.69) is 5.32 Å². The van der Waals surface area contributed by atoms with E-state index in [-0.39, 0.29) is 5.56 Å². The fraction of sp³-hybridized carbons (Fsp3) is 0.214. The Morgan fingerprint density at radius 1 is 1.32 bits per heavy atom. The predicted molar refractivity (Wildman–Crippen MR) is 71.3 cm³/mol. The number of amides is 1. The van der Waals surface area contributed by atoms with Gasteiger partial charge in [0.05, 0.1) is 12.1 Å². The summed E-state index contributed by atoms with van der Waals surface area (Å²) >= 11 is 1.58. The first-order valence-electron chi connectivity index (χ1n) is 5.77. The summed E-state index contributed by atoms with van der Waals surface area (Å²) in [6.07, 6.45) is 0. The Morgan fingerprint density at radius 2 is 2.05 bits per heavy atom. The van der Waals surface area contributed by atoms with Crippen LogP contribution in [0.5, 0.6) is 0 Å². The highest BCUT2D eigenvalue weighted by atomic mass is 32.1. The minimum Gasteiger partial charge on any atom is -0.347 e. The van der Waals surface area contributed by atoms with Crippen LogP contribution in [0.3, 0.4) is 0 Å². The zero-order chi connectivity index (χ0) is 14.0. The first-order valence-corrected chi connectivity index (χ1v) is 6.59. The van der Waals surface area contributed by atoms with Gasteiger partial charge in [0.25, 0.3) is 5.91 Å². The molecule has 19 heavy (non-hydrogen) atoms. The van der Waals surface area contributed by atoms with Gasteiger partial charge in [0.2, 0.25) is 0 Å². The first kappa shape index (κ1) is 13.7. The maximum Gasteiger partial charge on any atom is 0.254 e. The van der Waals surface area contributed by atoms with Crippen molar-refractivity contribution in [3.05, 3.63) is 56.8 Å². The summed E-state index contributed by atoms with van der Waals surface area (Å²) < 4.78 is 26.4. The molecular formula is C14H13F2NOS. The average Bonchev–Trinajstić information content (AvgIpc) is 2.69. The Balaban J connectivity index is 2.07. The minimum absolute atomic E-state index is 0.273. The highest BCUT2D eigenvalue weighted by Gasteiger charge is 2.14. The topological polar surface area (TPSA) is 29.1 Å². The predicted octanol–water partition coefficient (Wildman–Crippen LogP) is 3.57. The SMILES string of the molecule is Cc1cc(CNC(=O)c2cccc(F)c2F)sc1C. The summed E-state index contributed by atoms with van der Waals surface area (Å²) in [5.41, 5.74) is 0.885. The van der Waals surface area contributed by atoms with Crippen LogP contribution in [0.25, 0.3) is 0 Å². The molecule has 2 aromatic rings. The van der Waals surface area contributed by atoms with Crippen LogP contribution in [0.4, 0.5) is 8.78 Å². The van der Waals surface area contributed by atoms with Gasteiger partial charge in [0.15, 0.2) is 11.6 Å². The van der Waals surface area contributed by atoms with Crippen LogP contribution in [0.1, 0.15) is 25.7 Å². The van der Waals surface area contributed by atoms with Gasteiger partial charge in [0, 0.05) is 9.75 Å². The Morgan fingerprint density at radius 3 is 2.68 bits per heavy atom. The van der Waals surface area contributed by atoms with Gasteiger partial charge in [-0.25, -0.2) is 8.78 Å². The van der Waals surface area contributed by atoms with E-state index in [0.29, 0.717) is 6.54 Å². The standard InChI is InChI=1S/C14H13F2NOS/c1-8-6-10(19-9(8)2)7-17-14(18)11-4-3-5-12(15)13(11)16/h3-6H,7H2,1-2H3,(H,17,18). The molecule has 5 heteroatoms. The van der Waals surface area contributed by atoms with Crippen molar-refractivity contribution in [1.29, 1.82) is 0 Å². The lowest BCUT2D eigenvalue weighted by Gasteiger charge is -2.05. The zero-order valence-corrected chi connectivity index (χ0v) is 11.4. The van der Waals surface area contributed by atoms with Crippen molar-refractivity contribution in [3.63, 3.8) is 0 Å². The normalized spacial score (nSPS) is 10.5. The number of hydrogen-bond donors (Lipinski definition) is 1. The lowest BCUT2D eigenvalue weighted by molar-refractivity contribution is 0.0946. The fourth-order valence-corrected chi connectivity index (χ4v) is 2.67. The second-order valence-corrected chi connectivity index (χ2v) is 5.58. The quantitative estimate of drug-likeness (QED) is 0.915. The van der Waals surface area contributed by atoms with Crippen LogP contribution < -0.4 is 5.32 Å². The van der Waals surface area contributed by atoms with E-state index in [1.54, 1.807) is 11.3 Å². The number of rotatable bonds is 3. The molecule has 0 saturated heterocycles. The van der Waals surface area contributed by atoms with Crippen LogP contribution in [0.15, 0.2) is 24.3 Å². The molecule has 2 rings (SSSR count). The van der Waals surface area contributed by atoms with Crippen LogP contribution >= 0.6 is 11.3 Å². The molecule has 0 bridgehead atoms. The maximum atomic E-state index is 13.4. The van der Waals surface area contributed by atoms with E-state index < -0.39 is 17.5 Å². The summed E-state index contributed by atoms with van der Waals surface area (Å²) in [5.74, 6) is -2.74. The third-order valence-electron chi connectivity index (χ3n) is 2.84. The smallest absolute Gasteiger partial charge is 0.254 e. The van der Waals surface area contributed by atoms with Gasteiger partial charge in [-0.2, -0.15) is 0 Å². The Labute approximate surface area is 114 Å². The molecule has 0 radical (unpaired) electrons. The molecule has 0 fully saturated rings. The molecule has 0 spiro atoms. The molecule has 1 heterocycles. The van der Waals surface area contributed by atoms with Crippen LogP contribution in [-0.4, -0.2) is 5.91 Å². The zero-order valence-electron chi connectivity index (χ0n) is 10.6. The molecule has 0 saturated carbocycles. The second-order valence-electron chi connectivity index (χ2n) is 4.24. The molecule has 1 aromatic heterocycles. The molecule has 1 amide bonds. The number of hydrogen-bond acceptors (Lipinski definition) is 2. The number of aryl methyl sites for hydroxylation is 2. The van der Waals surface area contributed by atoms with Crippen molar-refractivity contribution in [2.45, 2.75) is 20.4 Å². The van der Waals surface area contributed by atoms with Gasteiger partial charge in [-0.1, -0.05) is 6.07 Å². The van der Waals surface area contributed by atoms with Crippen molar-refractivity contribution >= 4 is 17.2 Å². The molecule has 0 aliphatic rings. The number of nitrogens with one attached hydrogen (secondary N) is 1. The number of benzene rings is 1. The molecule has 1 aromatic carbocycles. The van der Waals surface area contributed by atoms with Gasteiger partial charge in [-0.3, -0.25) is 4.79 Å².